The summed E-state index contributed by atoms with van der Waals surface area (Å²) in [6, 6.07) is 0. The van der Waals surface area contributed by atoms with Crippen LogP contribution in [0.25, 0.3) is 0 Å². The maximum atomic E-state index is 10.9. The number of carbonyl (C=O) groups excluding carboxylic acids is 1. The van der Waals surface area contributed by atoms with E-state index in [1.807, 2.05) is 13.0 Å². The first-order valence-corrected chi connectivity index (χ1v) is 10.7. The normalized spacial score (nSPS) is 15.0. The highest BCUT2D eigenvalue weighted by Gasteiger charge is 2.11. The molecule has 0 aliphatic heterocycles. The molecule has 0 heterocycles. The van der Waals surface area contributed by atoms with Gasteiger partial charge in [-0.15, -0.1) is 0 Å². The van der Waals surface area contributed by atoms with Crippen LogP contribution in [0.15, 0.2) is 60.8 Å². The fourth-order valence-corrected chi connectivity index (χ4v) is 2.73. The van der Waals surface area contributed by atoms with Crippen LogP contribution in [0.5, 0.6) is 0 Å². The van der Waals surface area contributed by atoms with Gasteiger partial charge in [-0.1, -0.05) is 83.6 Å². The topological polar surface area (TPSA) is 46.5 Å². The molecule has 0 saturated heterocycles. The summed E-state index contributed by atoms with van der Waals surface area (Å²) in [5, 5.41) is 9.65. The summed E-state index contributed by atoms with van der Waals surface area (Å²) in [4.78, 5) is 11.1. The zero-order valence-electron chi connectivity index (χ0n) is 16.7. The van der Waals surface area contributed by atoms with Crippen molar-refractivity contribution in [3.8, 4) is 0 Å². The van der Waals surface area contributed by atoms with Crippen LogP contribution < -0.4 is 0 Å². The monoisotopic (exact) mass is 438 g/mol. The lowest BCUT2D eigenvalue weighted by molar-refractivity contribution is -0.140. The fourth-order valence-electron chi connectivity index (χ4n) is 2.14. The molecule has 152 valence electrons. The van der Waals surface area contributed by atoms with Crippen LogP contribution in [0.1, 0.15) is 58.3 Å². The third-order valence-corrected chi connectivity index (χ3v) is 4.85. The van der Waals surface area contributed by atoms with Gasteiger partial charge in [-0.2, -0.15) is 0 Å². The zero-order valence-corrected chi connectivity index (χ0v) is 18.3. The van der Waals surface area contributed by atoms with Crippen molar-refractivity contribution in [1.29, 1.82) is 0 Å². The van der Waals surface area contributed by atoms with Crippen molar-refractivity contribution in [3.63, 3.8) is 0 Å². The van der Waals surface area contributed by atoms with E-state index in [2.05, 4.69) is 75.4 Å². The van der Waals surface area contributed by atoms with Gasteiger partial charge in [0, 0.05) is 11.2 Å². The van der Waals surface area contributed by atoms with Crippen molar-refractivity contribution in [2.24, 2.45) is 0 Å². The van der Waals surface area contributed by atoms with Crippen molar-refractivity contribution in [2.75, 3.05) is 7.11 Å². The van der Waals surface area contributed by atoms with Crippen molar-refractivity contribution in [3.05, 3.63) is 60.8 Å². The van der Waals surface area contributed by atoms with Crippen molar-refractivity contribution in [2.45, 2.75) is 69.2 Å². The van der Waals surface area contributed by atoms with Gasteiger partial charge < -0.3 is 9.84 Å². The lowest BCUT2D eigenvalue weighted by Gasteiger charge is -2.12. The van der Waals surface area contributed by atoms with Crippen LogP contribution in [-0.2, 0) is 9.53 Å². The standard InChI is InChI=1S/C23H35BrO3/c1-3-22(25)21(24)19-17-15-13-11-9-7-5-4-6-8-10-12-14-16-18-20-23(26)27-2/h4-5,8-11,14-17,21-22,25H,3,6-7,12-13,18-20H2,1-2H3/b5-4-,10-8-,11-9-,16-14-,17-15-/t21-,22-/m0/s1. The Hall–Kier alpha value is -1.39. The summed E-state index contributed by atoms with van der Waals surface area (Å²) in [6.45, 7) is 1.99. The number of ether oxygens (including phenoxy) is 1. The first kappa shape index (κ1) is 25.6. The Morgan fingerprint density at radius 1 is 0.889 bits per heavy atom. The van der Waals surface area contributed by atoms with Gasteiger partial charge in [-0.3, -0.25) is 4.79 Å². The quantitative estimate of drug-likeness (QED) is 0.188. The Morgan fingerprint density at radius 2 is 1.33 bits per heavy atom. The van der Waals surface area contributed by atoms with Crippen molar-refractivity contribution < 1.29 is 14.6 Å². The van der Waals surface area contributed by atoms with Crippen LogP contribution in [0.3, 0.4) is 0 Å². The Bertz CT molecular complexity index is 504. The molecule has 0 aromatic heterocycles. The molecule has 0 aromatic carbocycles. The number of hydrogen-bond acceptors (Lipinski definition) is 3. The highest BCUT2D eigenvalue weighted by Crippen LogP contribution is 2.13. The minimum atomic E-state index is -0.271. The molecule has 0 rings (SSSR count). The summed E-state index contributed by atoms with van der Waals surface area (Å²) in [5.41, 5.74) is 0. The number of carbonyl (C=O) groups is 1. The molecule has 0 unspecified atom stereocenters. The molecule has 0 aliphatic carbocycles. The second-order valence-corrected chi connectivity index (χ2v) is 7.32. The van der Waals surface area contributed by atoms with Crippen molar-refractivity contribution >= 4 is 21.9 Å². The summed E-state index contributed by atoms with van der Waals surface area (Å²) in [7, 11) is 1.41. The molecule has 0 spiro atoms. The average Bonchev–Trinajstić information content (AvgIpc) is 2.69. The number of alkyl halides is 1. The molecule has 3 nitrogen and oxygen atoms in total. The van der Waals surface area contributed by atoms with Crippen LogP contribution in [-0.4, -0.2) is 29.1 Å². The third kappa shape index (κ3) is 17.8. The molecule has 1 N–H and O–H groups in total. The number of aliphatic hydroxyl groups excluding tert-OH is 1. The molecular formula is C23H35BrO3. The average molecular weight is 439 g/mol. The Kier molecular flexibility index (Phi) is 18.4. The van der Waals surface area contributed by atoms with E-state index in [1.165, 1.54) is 7.11 Å². The summed E-state index contributed by atoms with van der Waals surface area (Å²) >= 11 is 3.50. The number of methoxy groups -OCH3 is 1. The zero-order chi connectivity index (χ0) is 20.2. The second kappa shape index (κ2) is 19.4. The lowest BCUT2D eigenvalue weighted by Crippen LogP contribution is -2.18. The molecule has 4 heteroatoms. The molecule has 0 bridgehead atoms. The first-order chi connectivity index (χ1) is 13.1. The van der Waals surface area contributed by atoms with Crippen LogP contribution in [0.4, 0.5) is 0 Å². The minimum Gasteiger partial charge on any atom is -0.469 e. The van der Waals surface area contributed by atoms with Gasteiger partial charge in [0.1, 0.15) is 0 Å². The molecular weight excluding hydrogens is 404 g/mol. The maximum absolute atomic E-state index is 10.9. The minimum absolute atomic E-state index is 0.147. The van der Waals surface area contributed by atoms with Gasteiger partial charge in [0.15, 0.2) is 0 Å². The van der Waals surface area contributed by atoms with Crippen LogP contribution >= 0.6 is 15.9 Å². The van der Waals surface area contributed by atoms with E-state index in [0.29, 0.717) is 6.42 Å². The van der Waals surface area contributed by atoms with E-state index >= 15 is 0 Å². The molecule has 0 saturated carbocycles. The van der Waals surface area contributed by atoms with E-state index < -0.39 is 0 Å². The highest BCUT2D eigenvalue weighted by atomic mass is 79.9. The largest absolute Gasteiger partial charge is 0.469 e. The number of aliphatic hydroxyl groups is 1. The lowest BCUT2D eigenvalue weighted by atomic mass is 10.1. The van der Waals surface area contributed by atoms with Crippen LogP contribution in [0, 0.1) is 0 Å². The van der Waals surface area contributed by atoms with E-state index in [9.17, 15) is 9.90 Å². The summed E-state index contributed by atoms with van der Waals surface area (Å²) < 4.78 is 4.58. The molecule has 0 aromatic rings. The van der Waals surface area contributed by atoms with Gasteiger partial charge >= 0.3 is 5.97 Å². The highest BCUT2D eigenvalue weighted by molar-refractivity contribution is 9.09. The summed E-state index contributed by atoms with van der Waals surface area (Å²) in [6.07, 6.45) is 27.5. The molecule has 0 amide bonds. The van der Waals surface area contributed by atoms with Gasteiger partial charge in [0.05, 0.1) is 13.2 Å². The number of esters is 1. The smallest absolute Gasteiger partial charge is 0.305 e. The first-order valence-electron chi connectivity index (χ1n) is 9.75. The van der Waals surface area contributed by atoms with Crippen molar-refractivity contribution in [1.82, 2.24) is 0 Å². The van der Waals surface area contributed by atoms with Gasteiger partial charge in [0.25, 0.3) is 0 Å². The fraction of sp³-hybridized carbons (Fsp3) is 0.522. The maximum Gasteiger partial charge on any atom is 0.305 e. The number of halogens is 1. The SMILES string of the molecule is CC[C@H](O)[C@@H](Br)C/C=C\C/C=C\C/C=C\C/C=C\C/C=C\CCC(=O)OC. The predicted molar refractivity (Wildman–Crippen MR) is 119 cm³/mol. The Labute approximate surface area is 173 Å². The molecule has 0 radical (unpaired) electrons. The number of allylic oxidation sites excluding steroid dienone is 10. The van der Waals surface area contributed by atoms with Gasteiger partial charge in [-0.25, -0.2) is 0 Å². The van der Waals surface area contributed by atoms with E-state index in [-0.39, 0.29) is 16.9 Å². The van der Waals surface area contributed by atoms with Gasteiger partial charge in [-0.05, 0) is 44.9 Å². The molecule has 27 heavy (non-hydrogen) atoms. The second-order valence-electron chi connectivity index (χ2n) is 6.14. The number of rotatable bonds is 15. The Morgan fingerprint density at radius 3 is 1.78 bits per heavy atom. The third-order valence-electron chi connectivity index (χ3n) is 3.86. The molecule has 0 fully saturated rings. The Balaban J connectivity index is 3.62. The van der Waals surface area contributed by atoms with E-state index in [0.717, 1.165) is 44.9 Å². The van der Waals surface area contributed by atoms with Gasteiger partial charge in [0.2, 0.25) is 0 Å². The number of hydrogen-bond donors (Lipinski definition) is 1. The van der Waals surface area contributed by atoms with E-state index in [1.54, 1.807) is 0 Å². The molecule has 0 aliphatic rings. The molecule has 2 atom stereocenters. The van der Waals surface area contributed by atoms with E-state index in [4.69, 9.17) is 0 Å². The van der Waals surface area contributed by atoms with Crippen LogP contribution in [0.2, 0.25) is 0 Å². The predicted octanol–water partition coefficient (Wildman–Crippen LogP) is 6.21. The summed E-state index contributed by atoms with van der Waals surface area (Å²) in [5.74, 6) is -0.162.